The standard InChI is InChI=1S/C76H60N4O.Pt/c1-48-20-18-21-49(2)72(48)53-41-65(51-32-34-54(35-33-51)75(3,4)5)73-66(42-53)61-28-14-12-26-59(61)60-27-13-15-29-62(60)67-40-52(50-22-10-9-11-23-50)43-70-74(67)79(73)47-78(70)56-24-19-25-57(45-56)81-58-36-37-64-63-30-16-17-31-68(63)80(69(64)46-58)71-44-55(38-39-77-71)76(6,7)8;/h9-44H,1-8H3;/q-2;/i1D3,2D3,9D,10D,11D,22D,23D;. The Bertz CT molecular complexity index is 5140. The average molecular weight is 1250 g/mol. The second-order valence-electron chi connectivity index (χ2n) is 22.8. The Morgan fingerprint density at radius 1 is 0.512 bits per heavy atom. The minimum absolute atomic E-state index is 0. The first-order valence-corrected chi connectivity index (χ1v) is 27.1. The molecule has 0 radical (unpaired) electrons. The summed E-state index contributed by atoms with van der Waals surface area (Å²) < 4.78 is 111. The first-order chi connectivity index (χ1) is 43.7. The molecule has 6 heteroatoms. The third kappa shape index (κ3) is 9.00. The van der Waals surface area contributed by atoms with E-state index < -0.39 is 31.8 Å². The fourth-order valence-corrected chi connectivity index (χ4v) is 11.6. The Balaban J connectivity index is 0.00000787. The van der Waals surface area contributed by atoms with Crippen LogP contribution >= 0.6 is 0 Å². The number of nitrogens with zero attached hydrogens (tertiary/aromatic N) is 4. The van der Waals surface area contributed by atoms with E-state index in [1.165, 1.54) is 18.2 Å². The summed E-state index contributed by atoms with van der Waals surface area (Å²) in [6.07, 6.45) is 5.64. The Labute approximate surface area is 510 Å². The topological polar surface area (TPSA) is 35.9 Å². The number of para-hydroxylation sites is 1. The van der Waals surface area contributed by atoms with E-state index in [1.54, 1.807) is 6.07 Å². The number of benzene rings is 10. The molecule has 5 nitrogen and oxygen atoms in total. The van der Waals surface area contributed by atoms with E-state index in [4.69, 9.17) is 22.1 Å². The summed E-state index contributed by atoms with van der Waals surface area (Å²) in [5.74, 6) is 1.49. The van der Waals surface area contributed by atoms with Crippen molar-refractivity contribution in [3.63, 3.8) is 0 Å². The van der Waals surface area contributed by atoms with Crippen LogP contribution in [0.3, 0.4) is 0 Å². The van der Waals surface area contributed by atoms with Crippen LogP contribution in [0.4, 0.5) is 0 Å². The molecule has 0 bridgehead atoms. The number of hydrogen-bond donors (Lipinski definition) is 0. The van der Waals surface area contributed by atoms with Gasteiger partial charge < -0.3 is 13.9 Å². The van der Waals surface area contributed by atoms with E-state index in [0.717, 1.165) is 66.6 Å². The predicted molar refractivity (Wildman–Crippen MR) is 333 cm³/mol. The summed E-state index contributed by atoms with van der Waals surface area (Å²) in [5, 5.41) is 1.99. The van der Waals surface area contributed by atoms with E-state index in [1.807, 2.05) is 143 Å². The number of aromatic nitrogens is 4. The maximum absolute atomic E-state index is 9.39. The molecule has 0 fully saturated rings. The third-order valence-corrected chi connectivity index (χ3v) is 15.6. The predicted octanol–water partition coefficient (Wildman–Crippen LogP) is 19.1. The van der Waals surface area contributed by atoms with Crippen molar-refractivity contribution in [2.45, 2.75) is 66.1 Å². The van der Waals surface area contributed by atoms with Gasteiger partial charge in [-0.05, 0) is 161 Å². The van der Waals surface area contributed by atoms with Gasteiger partial charge in [0.2, 0.25) is 0 Å². The molecule has 1 aliphatic rings. The fourth-order valence-electron chi connectivity index (χ4n) is 11.6. The summed E-state index contributed by atoms with van der Waals surface area (Å²) in [5.41, 5.74) is 11.9. The Morgan fingerprint density at radius 2 is 1.15 bits per heavy atom. The molecule has 0 saturated heterocycles. The van der Waals surface area contributed by atoms with Crippen LogP contribution in [0.15, 0.2) is 218 Å². The largest absolute Gasteiger partial charge is 0.510 e. The maximum Gasteiger partial charge on any atom is 0.268 e. The zero-order chi connectivity index (χ0) is 64.7. The van der Waals surface area contributed by atoms with Gasteiger partial charge in [-0.3, -0.25) is 4.57 Å². The smallest absolute Gasteiger partial charge is 0.268 e. The molecule has 402 valence electrons. The number of ether oxygens (including phenoxy) is 1. The minimum atomic E-state index is -2.72. The molecule has 0 N–H and O–H groups in total. The van der Waals surface area contributed by atoms with Crippen LogP contribution in [0, 0.1) is 32.2 Å². The van der Waals surface area contributed by atoms with E-state index in [2.05, 4.69) is 94.9 Å². The van der Waals surface area contributed by atoms with Crippen LogP contribution in [-0.4, -0.2) is 14.1 Å². The van der Waals surface area contributed by atoms with Crippen LogP contribution in [0.1, 0.15) is 78.9 Å². The molecule has 10 aromatic carbocycles. The molecular weight excluding hydrogens is 1180 g/mol. The van der Waals surface area contributed by atoms with Crippen LogP contribution < -0.4 is 9.30 Å². The number of imidazole rings is 1. The van der Waals surface area contributed by atoms with Crippen molar-refractivity contribution in [3.8, 4) is 95.5 Å². The van der Waals surface area contributed by atoms with Crippen molar-refractivity contribution < 1.29 is 45.4 Å². The van der Waals surface area contributed by atoms with Gasteiger partial charge >= 0.3 is 0 Å². The van der Waals surface area contributed by atoms with Crippen molar-refractivity contribution in [2.75, 3.05) is 0 Å². The van der Waals surface area contributed by atoms with E-state index in [9.17, 15) is 2.74 Å². The van der Waals surface area contributed by atoms with Gasteiger partial charge in [-0.25, -0.2) is 4.98 Å². The third-order valence-electron chi connectivity index (χ3n) is 15.6. The minimum Gasteiger partial charge on any atom is -0.510 e. The summed E-state index contributed by atoms with van der Waals surface area (Å²) in [7, 11) is 0. The molecule has 0 spiro atoms. The summed E-state index contributed by atoms with van der Waals surface area (Å²) >= 11 is 0. The summed E-state index contributed by atoms with van der Waals surface area (Å²) in [6.45, 7) is 7.49. The molecule has 0 saturated carbocycles. The van der Waals surface area contributed by atoms with Crippen molar-refractivity contribution in [1.29, 1.82) is 0 Å². The van der Waals surface area contributed by atoms with Gasteiger partial charge in [-0.2, -0.15) is 18.2 Å². The van der Waals surface area contributed by atoms with Crippen molar-refractivity contribution >= 4 is 32.8 Å². The van der Waals surface area contributed by atoms with E-state index >= 15 is 0 Å². The Kier molecular flexibility index (Phi) is 10.2. The van der Waals surface area contributed by atoms with Crippen LogP contribution in [0.5, 0.6) is 11.5 Å². The second kappa shape index (κ2) is 20.3. The number of hydrogen-bond acceptors (Lipinski definition) is 2. The monoisotopic (exact) mass is 1250 g/mol. The molecule has 0 atom stereocenters. The average Bonchev–Trinajstić information content (AvgIpc) is 1.72. The molecule has 82 heavy (non-hydrogen) atoms. The number of aryl methyl sites for hydroxylation is 2. The van der Waals surface area contributed by atoms with E-state index in [0.29, 0.717) is 61.7 Å². The molecule has 1 aliphatic heterocycles. The number of rotatable bonds is 7. The zero-order valence-corrected chi connectivity index (χ0v) is 48.2. The Hall–Kier alpha value is -8.89. The van der Waals surface area contributed by atoms with Gasteiger partial charge in [-0.1, -0.05) is 193 Å². The van der Waals surface area contributed by atoms with Crippen LogP contribution in [0.25, 0.3) is 117 Å². The first kappa shape index (κ1) is 41.2. The molecule has 13 aromatic rings. The van der Waals surface area contributed by atoms with Gasteiger partial charge in [0.25, 0.3) is 6.33 Å². The number of pyridine rings is 1. The van der Waals surface area contributed by atoms with Crippen molar-refractivity contribution in [2.24, 2.45) is 0 Å². The Morgan fingerprint density at radius 3 is 1.85 bits per heavy atom. The number of fused-ring (bicyclic) bond motifs is 10. The summed E-state index contributed by atoms with van der Waals surface area (Å²) in [6, 6.07) is 62.6. The molecule has 14 rings (SSSR count). The molecule has 0 amide bonds. The fraction of sp³-hybridized carbons (Fsp3) is 0.132. The summed E-state index contributed by atoms with van der Waals surface area (Å²) in [4.78, 5) is 4.88. The first-order valence-electron chi connectivity index (χ1n) is 32.6. The molecule has 4 heterocycles. The molecule has 0 unspecified atom stereocenters. The zero-order valence-electron chi connectivity index (χ0n) is 56.9. The van der Waals surface area contributed by atoms with Crippen LogP contribution in [-0.2, 0) is 31.9 Å². The van der Waals surface area contributed by atoms with Crippen LogP contribution in [0.2, 0.25) is 0 Å². The van der Waals surface area contributed by atoms with Crippen molar-refractivity contribution in [1.82, 2.24) is 14.1 Å². The SMILES string of the molecule is [2H]c1c([2H])c([2H])c(-c2cc3c4c(c2)n(-c2[c-]c(Oc5[c-]c6c(cc5)c5ccccc5n6-c5cc(C(C)(C)C)ccn5)ccc2)[c-][n+]4-c2c(-c4ccc(C(C)(C)C)cc4)cc(-c4c(C([2H])([2H])[2H])cccc4C([2H])([2H])[2H])cc2-c2ccccc2-c2ccccc2-3)c([2H])c1[2H].[Pt]. The van der Waals surface area contributed by atoms with Crippen molar-refractivity contribution in [3.05, 3.63) is 259 Å². The quantitative estimate of drug-likeness (QED) is 0.118. The van der Waals surface area contributed by atoms with Gasteiger partial charge in [0.1, 0.15) is 5.82 Å². The maximum atomic E-state index is 9.39. The molecular formula is C76H60N4OPt-2. The normalized spacial score (nSPS) is 14.3. The molecule has 3 aromatic heterocycles. The molecule has 0 aliphatic carbocycles. The van der Waals surface area contributed by atoms with Gasteiger partial charge in [-0.15, -0.1) is 29.7 Å². The van der Waals surface area contributed by atoms with Gasteiger partial charge in [0.15, 0.2) is 0 Å². The van der Waals surface area contributed by atoms with Gasteiger partial charge in [0, 0.05) is 52.5 Å². The van der Waals surface area contributed by atoms with E-state index in [-0.39, 0.29) is 66.2 Å². The second-order valence-corrected chi connectivity index (χ2v) is 22.8. The van der Waals surface area contributed by atoms with Gasteiger partial charge in [0.05, 0.1) is 23.6 Å².